The fraction of sp³-hybridized carbons (Fsp3) is 1.00. The van der Waals surface area contributed by atoms with Gasteiger partial charge >= 0.3 is 0 Å². The highest BCUT2D eigenvalue weighted by atomic mass is 16.5. The van der Waals surface area contributed by atoms with Crippen LogP contribution in [-0.4, -0.2) is 25.3 Å². The van der Waals surface area contributed by atoms with Gasteiger partial charge < -0.3 is 10.1 Å². The van der Waals surface area contributed by atoms with Crippen molar-refractivity contribution in [3.05, 3.63) is 0 Å². The average Bonchev–Trinajstić information content (AvgIpc) is 2.46. The Bertz CT molecular complexity index is 178. The first-order valence-corrected chi connectivity index (χ1v) is 6.84. The molecular weight excluding hydrogens is 198 g/mol. The Morgan fingerprint density at radius 1 is 1.12 bits per heavy atom. The molecule has 2 nitrogen and oxygen atoms in total. The smallest absolute Gasteiger partial charge is 0.0629 e. The topological polar surface area (TPSA) is 21.3 Å². The summed E-state index contributed by atoms with van der Waals surface area (Å²) >= 11 is 0. The molecule has 1 atom stereocenters. The van der Waals surface area contributed by atoms with Gasteiger partial charge in [0.1, 0.15) is 0 Å². The summed E-state index contributed by atoms with van der Waals surface area (Å²) in [5.41, 5.74) is -0.0141. The highest BCUT2D eigenvalue weighted by Crippen LogP contribution is 2.26. The van der Waals surface area contributed by atoms with Crippen LogP contribution in [0.1, 0.15) is 59.3 Å². The Labute approximate surface area is 101 Å². The molecule has 0 aromatic heterocycles. The van der Waals surface area contributed by atoms with E-state index < -0.39 is 0 Å². The summed E-state index contributed by atoms with van der Waals surface area (Å²) in [4.78, 5) is 0. The van der Waals surface area contributed by atoms with Crippen LogP contribution in [0.5, 0.6) is 0 Å². The van der Waals surface area contributed by atoms with Crippen molar-refractivity contribution in [2.45, 2.75) is 70.9 Å². The van der Waals surface area contributed by atoms with Crippen molar-refractivity contribution in [1.82, 2.24) is 5.32 Å². The maximum Gasteiger partial charge on any atom is 0.0629 e. The highest BCUT2D eigenvalue weighted by Gasteiger charge is 2.23. The van der Waals surface area contributed by atoms with Crippen molar-refractivity contribution in [1.29, 1.82) is 0 Å². The molecule has 1 unspecified atom stereocenters. The van der Waals surface area contributed by atoms with E-state index in [2.05, 4.69) is 33.1 Å². The highest BCUT2D eigenvalue weighted by molar-refractivity contribution is 4.78. The molecule has 1 aliphatic rings. The van der Waals surface area contributed by atoms with Gasteiger partial charge in [0.25, 0.3) is 0 Å². The SMILES string of the molecule is CNC(COC(C)(C)C)C1CCCCCC1. The fourth-order valence-corrected chi connectivity index (χ4v) is 2.51. The van der Waals surface area contributed by atoms with Gasteiger partial charge in [0.2, 0.25) is 0 Å². The van der Waals surface area contributed by atoms with Crippen LogP contribution < -0.4 is 5.32 Å². The molecule has 0 amide bonds. The maximum absolute atomic E-state index is 5.91. The number of likely N-dealkylation sites (N-methyl/N-ethyl adjacent to an activating group) is 1. The van der Waals surface area contributed by atoms with Crippen LogP contribution in [0.15, 0.2) is 0 Å². The zero-order valence-electron chi connectivity index (χ0n) is 11.5. The van der Waals surface area contributed by atoms with Gasteiger partial charge in [-0.25, -0.2) is 0 Å². The lowest BCUT2D eigenvalue weighted by molar-refractivity contribution is -0.0221. The van der Waals surface area contributed by atoms with Gasteiger partial charge in [0.05, 0.1) is 12.2 Å². The molecule has 0 bridgehead atoms. The summed E-state index contributed by atoms with van der Waals surface area (Å²) in [6.45, 7) is 7.25. The van der Waals surface area contributed by atoms with Gasteiger partial charge in [0, 0.05) is 6.04 Å². The first kappa shape index (κ1) is 14.0. The summed E-state index contributed by atoms with van der Waals surface area (Å²) in [5, 5.41) is 3.45. The molecule has 1 rings (SSSR count). The Morgan fingerprint density at radius 2 is 1.69 bits per heavy atom. The van der Waals surface area contributed by atoms with Crippen LogP contribution in [0.25, 0.3) is 0 Å². The van der Waals surface area contributed by atoms with Gasteiger partial charge in [0.15, 0.2) is 0 Å². The van der Waals surface area contributed by atoms with Crippen molar-refractivity contribution in [2.24, 2.45) is 5.92 Å². The Hall–Kier alpha value is -0.0800. The summed E-state index contributed by atoms with van der Waals surface area (Å²) in [5.74, 6) is 0.815. The zero-order valence-corrected chi connectivity index (χ0v) is 11.5. The molecule has 1 fully saturated rings. The first-order valence-electron chi connectivity index (χ1n) is 6.84. The van der Waals surface area contributed by atoms with Gasteiger partial charge in [-0.2, -0.15) is 0 Å². The van der Waals surface area contributed by atoms with Gasteiger partial charge in [-0.15, -0.1) is 0 Å². The minimum atomic E-state index is -0.0141. The Balaban J connectivity index is 2.39. The second kappa shape index (κ2) is 6.61. The van der Waals surface area contributed by atoms with Crippen LogP contribution in [-0.2, 0) is 4.74 Å². The summed E-state index contributed by atoms with van der Waals surface area (Å²) in [6, 6.07) is 0.539. The number of ether oxygens (including phenoxy) is 1. The molecule has 96 valence electrons. The standard InChI is InChI=1S/C14H29NO/c1-14(2,3)16-11-13(15-4)12-9-7-5-6-8-10-12/h12-13,15H,5-11H2,1-4H3. The lowest BCUT2D eigenvalue weighted by Gasteiger charge is -2.29. The number of nitrogens with one attached hydrogen (secondary N) is 1. The molecule has 16 heavy (non-hydrogen) atoms. The molecule has 1 N–H and O–H groups in total. The molecule has 0 aromatic carbocycles. The molecule has 1 aliphatic carbocycles. The van der Waals surface area contributed by atoms with Crippen molar-refractivity contribution in [3.63, 3.8) is 0 Å². The first-order chi connectivity index (χ1) is 7.53. The quantitative estimate of drug-likeness (QED) is 0.744. The largest absolute Gasteiger partial charge is 0.374 e. The predicted octanol–water partition coefficient (Wildman–Crippen LogP) is 3.36. The number of rotatable bonds is 4. The monoisotopic (exact) mass is 227 g/mol. The fourth-order valence-electron chi connectivity index (χ4n) is 2.51. The van der Waals surface area contributed by atoms with E-state index in [4.69, 9.17) is 4.74 Å². The molecule has 0 aromatic rings. The Kier molecular flexibility index (Phi) is 5.77. The van der Waals surface area contributed by atoms with Crippen LogP contribution in [0, 0.1) is 5.92 Å². The van der Waals surface area contributed by atoms with E-state index in [-0.39, 0.29) is 5.60 Å². The van der Waals surface area contributed by atoms with E-state index in [0.717, 1.165) is 12.5 Å². The van der Waals surface area contributed by atoms with Crippen LogP contribution in [0.2, 0.25) is 0 Å². The number of hydrogen-bond acceptors (Lipinski definition) is 2. The third-order valence-corrected chi connectivity index (χ3v) is 3.54. The molecule has 0 radical (unpaired) electrons. The third kappa shape index (κ3) is 5.31. The third-order valence-electron chi connectivity index (χ3n) is 3.54. The van der Waals surface area contributed by atoms with Crippen molar-refractivity contribution in [2.75, 3.05) is 13.7 Å². The van der Waals surface area contributed by atoms with E-state index in [9.17, 15) is 0 Å². The van der Waals surface area contributed by atoms with Crippen LogP contribution in [0.3, 0.4) is 0 Å². The lowest BCUT2D eigenvalue weighted by Crippen LogP contribution is -2.40. The molecule has 2 heteroatoms. The minimum Gasteiger partial charge on any atom is -0.374 e. The van der Waals surface area contributed by atoms with E-state index in [1.165, 1.54) is 38.5 Å². The van der Waals surface area contributed by atoms with E-state index in [1.54, 1.807) is 0 Å². The van der Waals surface area contributed by atoms with E-state index in [0.29, 0.717) is 6.04 Å². The predicted molar refractivity (Wildman–Crippen MR) is 69.7 cm³/mol. The molecule has 0 saturated heterocycles. The molecule has 0 heterocycles. The van der Waals surface area contributed by atoms with Crippen molar-refractivity contribution >= 4 is 0 Å². The van der Waals surface area contributed by atoms with E-state index in [1.807, 2.05) is 0 Å². The van der Waals surface area contributed by atoms with Gasteiger partial charge in [-0.05, 0) is 46.6 Å². The lowest BCUT2D eigenvalue weighted by atomic mass is 9.92. The average molecular weight is 227 g/mol. The molecular formula is C14H29NO. The minimum absolute atomic E-state index is 0.0141. The van der Waals surface area contributed by atoms with Crippen LogP contribution >= 0.6 is 0 Å². The number of hydrogen-bond donors (Lipinski definition) is 1. The summed E-state index contributed by atoms with van der Waals surface area (Å²) in [7, 11) is 2.07. The summed E-state index contributed by atoms with van der Waals surface area (Å²) in [6.07, 6.45) is 8.40. The normalized spacial score (nSPS) is 21.8. The second-order valence-corrected chi connectivity index (χ2v) is 6.07. The second-order valence-electron chi connectivity index (χ2n) is 6.07. The van der Waals surface area contributed by atoms with Gasteiger partial charge in [-0.3, -0.25) is 0 Å². The van der Waals surface area contributed by atoms with E-state index >= 15 is 0 Å². The maximum atomic E-state index is 5.91. The molecule has 0 spiro atoms. The summed E-state index contributed by atoms with van der Waals surface area (Å²) < 4.78 is 5.91. The molecule has 0 aliphatic heterocycles. The van der Waals surface area contributed by atoms with Crippen molar-refractivity contribution in [3.8, 4) is 0 Å². The zero-order chi connectivity index (χ0) is 12.0. The van der Waals surface area contributed by atoms with Crippen molar-refractivity contribution < 1.29 is 4.74 Å². The Morgan fingerprint density at radius 3 is 2.12 bits per heavy atom. The van der Waals surface area contributed by atoms with Gasteiger partial charge in [-0.1, -0.05) is 25.7 Å². The molecule has 1 saturated carbocycles. The van der Waals surface area contributed by atoms with Crippen LogP contribution in [0.4, 0.5) is 0 Å².